The van der Waals surface area contributed by atoms with Gasteiger partial charge in [0.2, 0.25) is 0 Å². The van der Waals surface area contributed by atoms with E-state index < -0.39 is 11.7 Å². The molecule has 0 aromatic heterocycles. The van der Waals surface area contributed by atoms with Gasteiger partial charge in [-0.05, 0) is 64.4 Å². The number of ether oxygens (including phenoxy) is 1. The molecule has 0 aliphatic carbocycles. The summed E-state index contributed by atoms with van der Waals surface area (Å²) in [6.45, 7) is 8.03. The smallest absolute Gasteiger partial charge is 0.407 e. The van der Waals surface area contributed by atoms with Crippen LogP contribution in [-0.2, 0) is 4.74 Å². The summed E-state index contributed by atoms with van der Waals surface area (Å²) in [5, 5.41) is 12.6. The van der Waals surface area contributed by atoms with Gasteiger partial charge in [-0.2, -0.15) is 0 Å². The molecule has 122 valence electrons. The molecular formula is C17H26N2O3. The maximum absolute atomic E-state index is 11.9. The van der Waals surface area contributed by atoms with Crippen molar-refractivity contribution in [1.82, 2.24) is 10.2 Å². The van der Waals surface area contributed by atoms with Gasteiger partial charge in [0.1, 0.15) is 11.4 Å². The highest BCUT2D eigenvalue weighted by Crippen LogP contribution is 2.26. The molecule has 0 spiro atoms. The Morgan fingerprint density at radius 1 is 1.36 bits per heavy atom. The lowest BCUT2D eigenvalue weighted by molar-refractivity contribution is 0.0510. The molecule has 0 saturated carbocycles. The summed E-state index contributed by atoms with van der Waals surface area (Å²) in [7, 11) is 0. The number of rotatable bonds is 4. The quantitative estimate of drug-likeness (QED) is 0.897. The van der Waals surface area contributed by atoms with Crippen LogP contribution in [0, 0.1) is 0 Å². The minimum atomic E-state index is -0.502. The van der Waals surface area contributed by atoms with Crippen molar-refractivity contribution in [1.29, 1.82) is 0 Å². The maximum atomic E-state index is 11.9. The van der Waals surface area contributed by atoms with Gasteiger partial charge >= 0.3 is 6.09 Å². The van der Waals surface area contributed by atoms with Crippen LogP contribution in [0.2, 0.25) is 0 Å². The Morgan fingerprint density at radius 3 is 2.64 bits per heavy atom. The van der Waals surface area contributed by atoms with Crippen molar-refractivity contribution in [3.8, 4) is 5.75 Å². The average molecular weight is 306 g/mol. The van der Waals surface area contributed by atoms with Crippen LogP contribution in [-0.4, -0.2) is 41.3 Å². The summed E-state index contributed by atoms with van der Waals surface area (Å²) in [6.07, 6.45) is 1.93. The normalized spacial score (nSPS) is 17.2. The van der Waals surface area contributed by atoms with Gasteiger partial charge in [-0.15, -0.1) is 0 Å². The lowest BCUT2D eigenvalue weighted by atomic mass is 10.1. The molecular weight excluding hydrogens is 280 g/mol. The van der Waals surface area contributed by atoms with Gasteiger partial charge in [0.05, 0.1) is 6.04 Å². The first-order valence-electron chi connectivity index (χ1n) is 7.85. The first-order chi connectivity index (χ1) is 10.3. The molecule has 1 fully saturated rings. The second kappa shape index (κ2) is 7.01. The topological polar surface area (TPSA) is 61.8 Å². The number of likely N-dealkylation sites (tertiary alicyclic amines) is 1. The summed E-state index contributed by atoms with van der Waals surface area (Å²) in [5.41, 5.74) is 0.510. The van der Waals surface area contributed by atoms with Crippen LogP contribution in [0.15, 0.2) is 24.3 Å². The predicted octanol–water partition coefficient (Wildman–Crippen LogP) is 3.05. The summed E-state index contributed by atoms with van der Waals surface area (Å²) in [4.78, 5) is 14.2. The number of aromatic hydroxyl groups is 1. The van der Waals surface area contributed by atoms with E-state index in [1.807, 2.05) is 32.9 Å². The van der Waals surface area contributed by atoms with E-state index in [1.54, 1.807) is 12.1 Å². The molecule has 5 nitrogen and oxygen atoms in total. The van der Waals surface area contributed by atoms with Crippen molar-refractivity contribution in [2.45, 2.75) is 45.3 Å². The Morgan fingerprint density at radius 2 is 2.05 bits per heavy atom. The fraction of sp³-hybridized carbons (Fsp3) is 0.588. The summed E-state index contributed by atoms with van der Waals surface area (Å²) in [6, 6.07) is 7.30. The molecule has 1 aliphatic rings. The van der Waals surface area contributed by atoms with Crippen molar-refractivity contribution < 1.29 is 14.6 Å². The van der Waals surface area contributed by atoms with Crippen LogP contribution < -0.4 is 5.32 Å². The Hall–Kier alpha value is -1.75. The minimum Gasteiger partial charge on any atom is -0.508 e. The largest absolute Gasteiger partial charge is 0.508 e. The third-order valence-corrected chi connectivity index (χ3v) is 3.68. The molecule has 1 aromatic rings. The average Bonchev–Trinajstić information content (AvgIpc) is 2.91. The zero-order chi connectivity index (χ0) is 16.2. The number of benzene rings is 1. The third kappa shape index (κ3) is 4.91. The van der Waals surface area contributed by atoms with Crippen molar-refractivity contribution in [3.05, 3.63) is 29.8 Å². The van der Waals surface area contributed by atoms with E-state index in [-0.39, 0.29) is 11.8 Å². The van der Waals surface area contributed by atoms with Crippen molar-refractivity contribution in [2.75, 3.05) is 19.6 Å². The van der Waals surface area contributed by atoms with Gasteiger partial charge < -0.3 is 15.2 Å². The van der Waals surface area contributed by atoms with E-state index in [9.17, 15) is 9.90 Å². The lowest BCUT2D eigenvalue weighted by Gasteiger charge is -2.29. The molecule has 1 unspecified atom stereocenters. The Bertz CT molecular complexity index is 505. The standard InChI is InChI=1S/C17H26N2O3/c1-17(2,3)22-16(21)18-12-15(19-9-4-5-10-19)13-7-6-8-14(20)11-13/h6-8,11,15,20H,4-5,9-10,12H2,1-3H3,(H,18,21). The second-order valence-electron chi connectivity index (χ2n) is 6.74. The number of carbonyl (C=O) groups is 1. The maximum Gasteiger partial charge on any atom is 0.407 e. The van der Waals surface area contributed by atoms with E-state index in [4.69, 9.17) is 4.74 Å². The summed E-state index contributed by atoms with van der Waals surface area (Å²) in [5.74, 6) is 0.249. The van der Waals surface area contributed by atoms with Crippen LogP contribution in [0.3, 0.4) is 0 Å². The van der Waals surface area contributed by atoms with Gasteiger partial charge in [-0.25, -0.2) is 4.79 Å². The van der Waals surface area contributed by atoms with E-state index in [0.717, 1.165) is 18.7 Å². The highest BCUT2D eigenvalue weighted by atomic mass is 16.6. The van der Waals surface area contributed by atoms with E-state index >= 15 is 0 Å². The molecule has 0 bridgehead atoms. The SMILES string of the molecule is CC(C)(C)OC(=O)NCC(c1cccc(O)c1)N1CCCC1. The van der Waals surface area contributed by atoms with Crippen LogP contribution in [0.5, 0.6) is 5.75 Å². The number of phenols is 1. The molecule has 5 heteroatoms. The molecule has 1 saturated heterocycles. The lowest BCUT2D eigenvalue weighted by Crippen LogP contribution is -2.39. The molecule has 1 atom stereocenters. The van der Waals surface area contributed by atoms with Crippen LogP contribution >= 0.6 is 0 Å². The highest BCUT2D eigenvalue weighted by molar-refractivity contribution is 5.67. The van der Waals surface area contributed by atoms with Crippen LogP contribution in [0.25, 0.3) is 0 Å². The molecule has 1 aliphatic heterocycles. The zero-order valence-electron chi connectivity index (χ0n) is 13.6. The number of carbonyl (C=O) groups excluding carboxylic acids is 1. The van der Waals surface area contributed by atoms with E-state index in [1.165, 1.54) is 12.8 Å². The third-order valence-electron chi connectivity index (χ3n) is 3.68. The number of nitrogens with zero attached hydrogens (tertiary/aromatic N) is 1. The molecule has 1 amide bonds. The van der Waals surface area contributed by atoms with Crippen molar-refractivity contribution >= 4 is 6.09 Å². The van der Waals surface area contributed by atoms with E-state index in [0.29, 0.717) is 6.54 Å². The fourth-order valence-corrected chi connectivity index (χ4v) is 2.74. The van der Waals surface area contributed by atoms with Gasteiger partial charge in [-0.3, -0.25) is 4.90 Å². The molecule has 0 radical (unpaired) electrons. The number of phenolic OH excluding ortho intramolecular Hbond substituents is 1. The first-order valence-corrected chi connectivity index (χ1v) is 7.85. The molecule has 2 N–H and O–H groups in total. The molecule has 1 heterocycles. The number of amides is 1. The number of hydrogen-bond acceptors (Lipinski definition) is 4. The van der Waals surface area contributed by atoms with Crippen LogP contribution in [0.1, 0.15) is 45.2 Å². The Kier molecular flexibility index (Phi) is 5.29. The van der Waals surface area contributed by atoms with Gasteiger partial charge in [0, 0.05) is 6.54 Å². The van der Waals surface area contributed by atoms with Crippen molar-refractivity contribution in [2.24, 2.45) is 0 Å². The first kappa shape index (κ1) is 16.6. The number of alkyl carbamates (subject to hydrolysis) is 1. The molecule has 1 aromatic carbocycles. The second-order valence-corrected chi connectivity index (χ2v) is 6.74. The van der Waals surface area contributed by atoms with Gasteiger partial charge in [0.15, 0.2) is 0 Å². The predicted molar refractivity (Wildman–Crippen MR) is 85.9 cm³/mol. The van der Waals surface area contributed by atoms with Gasteiger partial charge in [-0.1, -0.05) is 12.1 Å². The number of nitrogens with one attached hydrogen (secondary N) is 1. The molecule has 2 rings (SSSR count). The van der Waals surface area contributed by atoms with E-state index in [2.05, 4.69) is 10.2 Å². The summed E-state index contributed by atoms with van der Waals surface area (Å²) >= 11 is 0. The molecule has 22 heavy (non-hydrogen) atoms. The fourth-order valence-electron chi connectivity index (χ4n) is 2.74. The van der Waals surface area contributed by atoms with Crippen LogP contribution in [0.4, 0.5) is 4.79 Å². The van der Waals surface area contributed by atoms with Crippen molar-refractivity contribution in [3.63, 3.8) is 0 Å². The highest BCUT2D eigenvalue weighted by Gasteiger charge is 2.25. The minimum absolute atomic E-state index is 0.0575. The van der Waals surface area contributed by atoms with Gasteiger partial charge in [0.25, 0.3) is 0 Å². The number of hydrogen-bond donors (Lipinski definition) is 2. The zero-order valence-corrected chi connectivity index (χ0v) is 13.6. The Balaban J connectivity index is 2.04. The monoisotopic (exact) mass is 306 g/mol. The Labute approximate surface area is 132 Å². The summed E-state index contributed by atoms with van der Waals surface area (Å²) < 4.78 is 5.29.